The summed E-state index contributed by atoms with van der Waals surface area (Å²) >= 11 is 0. The first kappa shape index (κ1) is 20.7. The van der Waals surface area contributed by atoms with Crippen LogP contribution in [0.1, 0.15) is 60.7 Å². The predicted molar refractivity (Wildman–Crippen MR) is 106 cm³/mol. The van der Waals surface area contributed by atoms with Crippen LogP contribution in [-0.2, 0) is 9.47 Å². The highest BCUT2D eigenvalue weighted by Gasteiger charge is 2.26. The second-order valence-corrected chi connectivity index (χ2v) is 6.73. The number of carbonyl (C=O) groups excluding carboxylic acids is 2. The minimum Gasteiger partial charge on any atom is -0.459 e. The molecule has 0 N–H and O–H groups in total. The van der Waals surface area contributed by atoms with Gasteiger partial charge in [0.15, 0.2) is 0 Å². The van der Waals surface area contributed by atoms with Crippen molar-refractivity contribution in [2.75, 3.05) is 0 Å². The van der Waals surface area contributed by atoms with Crippen LogP contribution in [0.25, 0.3) is 0 Å². The van der Waals surface area contributed by atoms with Crippen molar-refractivity contribution in [3.8, 4) is 0 Å². The van der Waals surface area contributed by atoms with Gasteiger partial charge in [0.1, 0.15) is 12.2 Å². The van der Waals surface area contributed by atoms with Gasteiger partial charge in [0.2, 0.25) is 0 Å². The van der Waals surface area contributed by atoms with E-state index < -0.39 is 0 Å². The summed E-state index contributed by atoms with van der Waals surface area (Å²) in [5.41, 5.74) is 1.05. The Labute approximate surface area is 161 Å². The predicted octanol–water partition coefficient (Wildman–Crippen LogP) is 5.28. The second-order valence-electron chi connectivity index (χ2n) is 6.73. The minimum absolute atomic E-state index is 0.169. The average Bonchev–Trinajstić information content (AvgIpc) is 2.73. The van der Waals surface area contributed by atoms with Gasteiger partial charge in [0.25, 0.3) is 0 Å². The number of hydrogen-bond donors (Lipinski definition) is 0. The lowest BCUT2D eigenvalue weighted by atomic mass is 9.95. The maximum absolute atomic E-state index is 12.5. The Bertz CT molecular complexity index is 712. The van der Waals surface area contributed by atoms with E-state index in [2.05, 4.69) is 13.8 Å². The number of ether oxygens (including phenoxy) is 2. The molecule has 0 aliphatic carbocycles. The van der Waals surface area contributed by atoms with E-state index >= 15 is 0 Å². The molecule has 0 saturated carbocycles. The first-order chi connectivity index (χ1) is 13.0. The van der Waals surface area contributed by atoms with Crippen LogP contribution in [0.15, 0.2) is 60.7 Å². The van der Waals surface area contributed by atoms with Gasteiger partial charge in [-0.25, -0.2) is 9.59 Å². The summed E-state index contributed by atoms with van der Waals surface area (Å²) in [5, 5.41) is 0. The minimum atomic E-state index is -0.347. The lowest BCUT2D eigenvalue weighted by molar-refractivity contribution is -0.0148. The standard InChI is InChI=1S/C23H28O4/c1-4-17(3)21(27-23(25)19-14-10-7-11-15-19)16-20(5-2)26-22(24)18-12-8-6-9-13-18/h6-15,17,20-21H,4-5,16H2,1-3H3. The number of hydrogen-bond acceptors (Lipinski definition) is 4. The van der Waals surface area contributed by atoms with E-state index in [0.29, 0.717) is 24.0 Å². The Morgan fingerprint density at radius 2 is 1.26 bits per heavy atom. The quantitative estimate of drug-likeness (QED) is 0.565. The largest absolute Gasteiger partial charge is 0.459 e. The zero-order valence-electron chi connectivity index (χ0n) is 16.3. The second kappa shape index (κ2) is 10.5. The van der Waals surface area contributed by atoms with Crippen molar-refractivity contribution in [2.24, 2.45) is 5.92 Å². The van der Waals surface area contributed by atoms with Gasteiger partial charge in [-0.2, -0.15) is 0 Å². The molecule has 0 aliphatic heterocycles. The van der Waals surface area contributed by atoms with Gasteiger partial charge in [-0.1, -0.05) is 63.6 Å². The number of rotatable bonds is 9. The van der Waals surface area contributed by atoms with E-state index in [1.54, 1.807) is 36.4 Å². The molecule has 2 rings (SSSR count). The molecule has 4 heteroatoms. The zero-order chi connectivity index (χ0) is 19.6. The first-order valence-corrected chi connectivity index (χ1v) is 9.57. The molecule has 144 valence electrons. The molecule has 0 heterocycles. The maximum Gasteiger partial charge on any atom is 0.338 e. The van der Waals surface area contributed by atoms with Gasteiger partial charge in [0, 0.05) is 6.42 Å². The van der Waals surface area contributed by atoms with E-state index in [9.17, 15) is 9.59 Å². The van der Waals surface area contributed by atoms with Gasteiger partial charge in [-0.15, -0.1) is 0 Å². The molecule has 27 heavy (non-hydrogen) atoms. The van der Waals surface area contributed by atoms with Crippen molar-refractivity contribution >= 4 is 11.9 Å². The van der Waals surface area contributed by atoms with Crippen LogP contribution in [-0.4, -0.2) is 24.1 Å². The van der Waals surface area contributed by atoms with Crippen molar-refractivity contribution in [2.45, 2.75) is 52.2 Å². The summed E-state index contributed by atoms with van der Waals surface area (Å²) in [6.45, 7) is 6.08. The van der Waals surface area contributed by atoms with E-state index in [-0.39, 0.29) is 30.1 Å². The zero-order valence-corrected chi connectivity index (χ0v) is 16.3. The highest BCUT2D eigenvalue weighted by Crippen LogP contribution is 2.22. The molecule has 2 aromatic carbocycles. The first-order valence-electron chi connectivity index (χ1n) is 9.57. The SMILES string of the molecule is CCC(CC(OC(=O)c1ccccc1)C(C)CC)OC(=O)c1ccccc1. The molecule has 3 unspecified atom stereocenters. The molecule has 0 aliphatic rings. The lowest BCUT2D eigenvalue weighted by Gasteiger charge is -2.27. The highest BCUT2D eigenvalue weighted by molar-refractivity contribution is 5.90. The maximum atomic E-state index is 12.5. The van der Waals surface area contributed by atoms with Crippen molar-refractivity contribution < 1.29 is 19.1 Å². The van der Waals surface area contributed by atoms with Crippen LogP contribution < -0.4 is 0 Å². The Hall–Kier alpha value is -2.62. The summed E-state index contributed by atoms with van der Waals surface area (Å²) in [6, 6.07) is 17.9. The summed E-state index contributed by atoms with van der Waals surface area (Å²) in [4.78, 5) is 24.8. The number of esters is 2. The molecule has 0 bridgehead atoms. The van der Waals surface area contributed by atoms with Crippen LogP contribution in [0.3, 0.4) is 0 Å². The van der Waals surface area contributed by atoms with Crippen LogP contribution in [0.5, 0.6) is 0 Å². The van der Waals surface area contributed by atoms with Gasteiger partial charge >= 0.3 is 11.9 Å². The monoisotopic (exact) mass is 368 g/mol. The molecular weight excluding hydrogens is 340 g/mol. The Morgan fingerprint density at radius 1 is 0.778 bits per heavy atom. The van der Waals surface area contributed by atoms with Crippen LogP contribution in [0, 0.1) is 5.92 Å². The van der Waals surface area contributed by atoms with E-state index in [1.165, 1.54) is 0 Å². The topological polar surface area (TPSA) is 52.6 Å². The van der Waals surface area contributed by atoms with Crippen LogP contribution >= 0.6 is 0 Å². The van der Waals surface area contributed by atoms with E-state index in [0.717, 1.165) is 6.42 Å². The fourth-order valence-corrected chi connectivity index (χ4v) is 2.79. The fourth-order valence-electron chi connectivity index (χ4n) is 2.79. The molecule has 3 atom stereocenters. The third-order valence-electron chi connectivity index (χ3n) is 4.78. The average molecular weight is 368 g/mol. The Kier molecular flexibility index (Phi) is 8.05. The van der Waals surface area contributed by atoms with Gasteiger partial charge < -0.3 is 9.47 Å². The highest BCUT2D eigenvalue weighted by atomic mass is 16.6. The molecular formula is C23H28O4. The molecule has 0 aromatic heterocycles. The van der Waals surface area contributed by atoms with Gasteiger partial charge in [0.05, 0.1) is 11.1 Å². The number of benzene rings is 2. The molecule has 0 saturated heterocycles. The Morgan fingerprint density at radius 3 is 1.70 bits per heavy atom. The molecule has 0 fully saturated rings. The van der Waals surface area contributed by atoms with E-state index in [4.69, 9.17) is 9.47 Å². The summed E-state index contributed by atoms with van der Waals surface area (Å²) in [6.07, 6.45) is 1.41. The third kappa shape index (κ3) is 6.24. The fraction of sp³-hybridized carbons (Fsp3) is 0.391. The molecule has 2 aromatic rings. The van der Waals surface area contributed by atoms with Crippen molar-refractivity contribution in [3.05, 3.63) is 71.8 Å². The summed E-state index contributed by atoms with van der Waals surface area (Å²) in [5.74, 6) is -0.521. The van der Waals surface area contributed by atoms with Crippen LogP contribution in [0.2, 0.25) is 0 Å². The molecule has 4 nitrogen and oxygen atoms in total. The molecule has 0 radical (unpaired) electrons. The normalized spacial score (nSPS) is 14.0. The van der Waals surface area contributed by atoms with Crippen molar-refractivity contribution in [3.63, 3.8) is 0 Å². The summed E-state index contributed by atoms with van der Waals surface area (Å²) in [7, 11) is 0. The van der Waals surface area contributed by atoms with Gasteiger partial charge in [-0.05, 0) is 36.6 Å². The van der Waals surface area contributed by atoms with Crippen molar-refractivity contribution in [1.29, 1.82) is 0 Å². The molecule has 0 spiro atoms. The van der Waals surface area contributed by atoms with Crippen LogP contribution in [0.4, 0.5) is 0 Å². The number of carbonyl (C=O) groups is 2. The smallest absolute Gasteiger partial charge is 0.338 e. The third-order valence-corrected chi connectivity index (χ3v) is 4.78. The van der Waals surface area contributed by atoms with Crippen molar-refractivity contribution in [1.82, 2.24) is 0 Å². The summed E-state index contributed by atoms with van der Waals surface area (Å²) < 4.78 is 11.4. The molecule has 0 amide bonds. The van der Waals surface area contributed by atoms with Gasteiger partial charge in [-0.3, -0.25) is 0 Å². The Balaban J connectivity index is 2.04. The lowest BCUT2D eigenvalue weighted by Crippen LogP contribution is -2.31. The van der Waals surface area contributed by atoms with E-state index in [1.807, 2.05) is 31.2 Å².